The summed E-state index contributed by atoms with van der Waals surface area (Å²) in [6.45, 7) is 2.23. The second-order valence-electron chi connectivity index (χ2n) is 5.41. The molecule has 0 spiro atoms. The zero-order valence-electron chi connectivity index (χ0n) is 11.7. The molecule has 1 fully saturated rings. The second-order valence-corrected chi connectivity index (χ2v) is 5.41. The molecule has 4 nitrogen and oxygen atoms in total. The van der Waals surface area contributed by atoms with E-state index in [2.05, 4.69) is 0 Å². The quantitative estimate of drug-likeness (QED) is 0.858. The molecule has 1 saturated carbocycles. The third-order valence-electron chi connectivity index (χ3n) is 3.74. The molecule has 1 aromatic carbocycles. The fraction of sp³-hybridized carbons (Fsp3) is 0.600. The van der Waals surface area contributed by atoms with Gasteiger partial charge in [-0.15, -0.1) is 0 Å². The van der Waals surface area contributed by atoms with E-state index in [1.165, 1.54) is 0 Å². The van der Waals surface area contributed by atoms with Gasteiger partial charge >= 0.3 is 0 Å². The molecule has 19 heavy (non-hydrogen) atoms. The summed E-state index contributed by atoms with van der Waals surface area (Å²) < 4.78 is 11.0. The highest BCUT2D eigenvalue weighted by Crippen LogP contribution is 2.33. The van der Waals surface area contributed by atoms with Gasteiger partial charge in [0.2, 0.25) is 0 Å². The third-order valence-corrected chi connectivity index (χ3v) is 3.74. The highest BCUT2D eigenvalue weighted by atomic mass is 16.5. The van der Waals surface area contributed by atoms with E-state index < -0.39 is 5.60 Å². The Labute approximate surface area is 114 Å². The predicted octanol–water partition coefficient (Wildman–Crippen LogP) is 2.40. The molecule has 3 N–H and O–H groups in total. The van der Waals surface area contributed by atoms with Gasteiger partial charge in [0, 0.05) is 17.7 Å². The number of ether oxygens (including phenoxy) is 2. The van der Waals surface area contributed by atoms with Gasteiger partial charge in [0.15, 0.2) is 0 Å². The molecule has 0 amide bonds. The third kappa shape index (κ3) is 3.39. The molecule has 4 heteroatoms. The summed E-state index contributed by atoms with van der Waals surface area (Å²) in [6.07, 6.45) is 3.76. The van der Waals surface area contributed by atoms with Gasteiger partial charge in [-0.25, -0.2) is 0 Å². The predicted molar refractivity (Wildman–Crippen MR) is 74.5 cm³/mol. The van der Waals surface area contributed by atoms with Gasteiger partial charge in [0.05, 0.1) is 12.7 Å². The van der Waals surface area contributed by atoms with Gasteiger partial charge in [-0.05, 0) is 25.8 Å². The van der Waals surface area contributed by atoms with Gasteiger partial charge in [0.1, 0.15) is 18.1 Å². The molecule has 1 aromatic rings. The highest BCUT2D eigenvalue weighted by molar-refractivity contribution is 5.42. The average Bonchev–Trinajstić information content (AvgIpc) is 2.83. The standard InChI is InChI=1S/C15H23NO3/c1-11(16)13-6-5-12(18-2)9-14(13)19-10-15(17)7-3-4-8-15/h5-6,9,11,17H,3-4,7-8,10,16H2,1-2H3/t11-/m1/s1. The number of nitrogens with two attached hydrogens (primary N) is 1. The van der Waals surface area contributed by atoms with Crippen molar-refractivity contribution in [1.82, 2.24) is 0 Å². The van der Waals surface area contributed by atoms with E-state index in [4.69, 9.17) is 15.2 Å². The Bertz CT molecular complexity index is 425. The summed E-state index contributed by atoms with van der Waals surface area (Å²) in [7, 11) is 1.62. The van der Waals surface area contributed by atoms with Crippen molar-refractivity contribution in [2.45, 2.75) is 44.2 Å². The minimum Gasteiger partial charge on any atom is -0.497 e. The van der Waals surface area contributed by atoms with Crippen LogP contribution >= 0.6 is 0 Å². The van der Waals surface area contributed by atoms with Crippen molar-refractivity contribution in [3.63, 3.8) is 0 Å². The molecular weight excluding hydrogens is 242 g/mol. The topological polar surface area (TPSA) is 64.7 Å². The summed E-state index contributed by atoms with van der Waals surface area (Å²) in [6, 6.07) is 5.50. The molecule has 0 aliphatic heterocycles. The van der Waals surface area contributed by atoms with Crippen LogP contribution in [-0.4, -0.2) is 24.4 Å². The molecule has 0 aromatic heterocycles. The lowest BCUT2D eigenvalue weighted by Gasteiger charge is -2.24. The fourth-order valence-electron chi connectivity index (χ4n) is 2.53. The summed E-state index contributed by atoms with van der Waals surface area (Å²) in [5.41, 5.74) is 6.19. The SMILES string of the molecule is COc1ccc([C@@H](C)N)c(OCC2(O)CCCC2)c1. The molecule has 0 radical (unpaired) electrons. The summed E-state index contributed by atoms with van der Waals surface area (Å²) in [5.74, 6) is 1.44. The molecule has 106 valence electrons. The Hall–Kier alpha value is -1.26. The van der Waals surface area contributed by atoms with Crippen LogP contribution in [0.5, 0.6) is 11.5 Å². The lowest BCUT2D eigenvalue weighted by Crippen LogP contribution is -2.32. The second kappa shape index (κ2) is 5.80. The lowest BCUT2D eigenvalue weighted by molar-refractivity contribution is 0.000996. The van der Waals surface area contributed by atoms with Crippen molar-refractivity contribution in [1.29, 1.82) is 0 Å². The number of methoxy groups -OCH3 is 1. The zero-order chi connectivity index (χ0) is 13.9. The average molecular weight is 265 g/mol. The highest BCUT2D eigenvalue weighted by Gasteiger charge is 2.32. The van der Waals surface area contributed by atoms with Crippen LogP contribution in [-0.2, 0) is 0 Å². The van der Waals surface area contributed by atoms with Gasteiger partial charge in [0.25, 0.3) is 0 Å². The van der Waals surface area contributed by atoms with Gasteiger partial charge < -0.3 is 20.3 Å². The van der Waals surface area contributed by atoms with Crippen LogP contribution in [0.3, 0.4) is 0 Å². The molecule has 0 bridgehead atoms. The minimum atomic E-state index is -0.682. The summed E-state index contributed by atoms with van der Waals surface area (Å²) in [5, 5.41) is 10.3. The van der Waals surface area contributed by atoms with Crippen molar-refractivity contribution < 1.29 is 14.6 Å². The first kappa shape index (κ1) is 14.2. The van der Waals surface area contributed by atoms with E-state index in [0.717, 1.165) is 37.0 Å². The van der Waals surface area contributed by atoms with Crippen molar-refractivity contribution in [3.05, 3.63) is 23.8 Å². The van der Waals surface area contributed by atoms with Crippen molar-refractivity contribution in [3.8, 4) is 11.5 Å². The number of hydrogen-bond acceptors (Lipinski definition) is 4. The number of benzene rings is 1. The van der Waals surface area contributed by atoms with Crippen LogP contribution in [0.25, 0.3) is 0 Å². The van der Waals surface area contributed by atoms with Crippen LogP contribution in [0.2, 0.25) is 0 Å². The zero-order valence-corrected chi connectivity index (χ0v) is 11.7. The number of aliphatic hydroxyl groups is 1. The number of rotatable bonds is 5. The normalized spacial score (nSPS) is 19.2. The maximum atomic E-state index is 10.3. The largest absolute Gasteiger partial charge is 0.497 e. The van der Waals surface area contributed by atoms with Crippen molar-refractivity contribution in [2.24, 2.45) is 5.73 Å². The molecule has 1 atom stereocenters. The summed E-state index contributed by atoms with van der Waals surface area (Å²) in [4.78, 5) is 0. The van der Waals surface area contributed by atoms with Crippen molar-refractivity contribution >= 4 is 0 Å². The molecule has 2 rings (SSSR count). The van der Waals surface area contributed by atoms with Crippen LogP contribution in [0.1, 0.15) is 44.2 Å². The molecule has 1 aliphatic rings. The Balaban J connectivity index is 2.13. The minimum absolute atomic E-state index is 0.112. The number of hydrogen-bond donors (Lipinski definition) is 2. The van der Waals surface area contributed by atoms with E-state index >= 15 is 0 Å². The van der Waals surface area contributed by atoms with Crippen LogP contribution in [0, 0.1) is 0 Å². The van der Waals surface area contributed by atoms with E-state index in [9.17, 15) is 5.11 Å². The molecule has 0 heterocycles. The first-order valence-corrected chi connectivity index (χ1v) is 6.83. The maximum absolute atomic E-state index is 10.3. The Morgan fingerprint density at radius 2 is 2.05 bits per heavy atom. The van der Waals surface area contributed by atoms with Crippen LogP contribution in [0.4, 0.5) is 0 Å². The molecular formula is C15H23NO3. The van der Waals surface area contributed by atoms with E-state index in [1.807, 2.05) is 25.1 Å². The Morgan fingerprint density at radius 3 is 2.63 bits per heavy atom. The monoisotopic (exact) mass is 265 g/mol. The van der Waals surface area contributed by atoms with Gasteiger partial charge in [-0.3, -0.25) is 0 Å². The van der Waals surface area contributed by atoms with Crippen LogP contribution in [0.15, 0.2) is 18.2 Å². The van der Waals surface area contributed by atoms with Gasteiger partial charge in [-0.1, -0.05) is 18.9 Å². The molecule has 1 aliphatic carbocycles. The van der Waals surface area contributed by atoms with Gasteiger partial charge in [-0.2, -0.15) is 0 Å². The first-order valence-electron chi connectivity index (χ1n) is 6.83. The Kier molecular flexibility index (Phi) is 4.32. The van der Waals surface area contributed by atoms with E-state index in [0.29, 0.717) is 12.4 Å². The van der Waals surface area contributed by atoms with Crippen LogP contribution < -0.4 is 15.2 Å². The maximum Gasteiger partial charge on any atom is 0.127 e. The molecule has 0 unspecified atom stereocenters. The fourth-order valence-corrected chi connectivity index (χ4v) is 2.53. The van der Waals surface area contributed by atoms with Crippen molar-refractivity contribution in [2.75, 3.05) is 13.7 Å². The summed E-state index contributed by atoms with van der Waals surface area (Å²) >= 11 is 0. The van der Waals surface area contributed by atoms with E-state index in [1.54, 1.807) is 7.11 Å². The lowest BCUT2D eigenvalue weighted by atomic mass is 10.0. The Morgan fingerprint density at radius 1 is 1.37 bits per heavy atom. The van der Waals surface area contributed by atoms with E-state index in [-0.39, 0.29) is 6.04 Å². The first-order chi connectivity index (χ1) is 9.04. The molecule has 0 saturated heterocycles. The smallest absolute Gasteiger partial charge is 0.127 e.